The van der Waals surface area contributed by atoms with E-state index in [1.54, 1.807) is 35.9 Å². The standard InChI is InChI=1S/C32H38ClN3O4.C2H6/c1-21-27(20-30(37)36(25-11-7-4-8-12-25)32(39)34-24-9-5-3-6-10-24)28-19-26(40-2)17-18-29(28)35(21)31(38)22-13-15-23(33)16-14-22;1-2/h13-19,24-25H,3-12,20H2,1-2H3,(H,34,39);1-2H3. The molecule has 0 saturated heterocycles. The molecule has 2 saturated carbocycles. The Bertz CT molecular complexity index is 1390. The van der Waals surface area contributed by atoms with Crippen LogP contribution < -0.4 is 10.1 Å². The van der Waals surface area contributed by atoms with Gasteiger partial charge >= 0.3 is 6.03 Å². The van der Waals surface area contributed by atoms with Crippen LogP contribution in [0.1, 0.15) is 99.7 Å². The van der Waals surface area contributed by atoms with Crippen LogP contribution in [0.25, 0.3) is 10.9 Å². The van der Waals surface area contributed by atoms with Crippen LogP contribution >= 0.6 is 11.6 Å². The number of aromatic nitrogens is 1. The van der Waals surface area contributed by atoms with E-state index < -0.39 is 0 Å². The normalized spacial score (nSPS) is 15.9. The molecule has 0 atom stereocenters. The van der Waals surface area contributed by atoms with Gasteiger partial charge in [0.25, 0.3) is 5.91 Å². The van der Waals surface area contributed by atoms with Gasteiger partial charge in [-0.3, -0.25) is 19.1 Å². The Hall–Kier alpha value is -3.32. The van der Waals surface area contributed by atoms with Gasteiger partial charge in [-0.05, 0) is 80.6 Å². The number of fused-ring (bicyclic) bond motifs is 1. The van der Waals surface area contributed by atoms with Crippen molar-refractivity contribution in [2.75, 3.05) is 7.11 Å². The van der Waals surface area contributed by atoms with E-state index in [2.05, 4.69) is 5.32 Å². The topological polar surface area (TPSA) is 80.6 Å². The van der Waals surface area contributed by atoms with Crippen molar-refractivity contribution in [2.45, 2.75) is 103 Å². The lowest BCUT2D eigenvalue weighted by molar-refractivity contribution is -0.129. The van der Waals surface area contributed by atoms with Crippen molar-refractivity contribution in [3.63, 3.8) is 0 Å². The highest BCUT2D eigenvalue weighted by Crippen LogP contribution is 2.32. The molecule has 1 heterocycles. The van der Waals surface area contributed by atoms with E-state index in [0.717, 1.165) is 68.7 Å². The Morgan fingerprint density at radius 3 is 2.17 bits per heavy atom. The first-order chi connectivity index (χ1) is 20.4. The summed E-state index contributed by atoms with van der Waals surface area (Å²) in [5, 5.41) is 4.50. The van der Waals surface area contributed by atoms with Crippen molar-refractivity contribution in [2.24, 2.45) is 0 Å². The number of halogens is 1. The summed E-state index contributed by atoms with van der Waals surface area (Å²) in [4.78, 5) is 42.9. The van der Waals surface area contributed by atoms with E-state index in [4.69, 9.17) is 16.3 Å². The van der Waals surface area contributed by atoms with Crippen LogP contribution in [-0.4, -0.2) is 46.5 Å². The minimum atomic E-state index is -0.278. The largest absolute Gasteiger partial charge is 0.497 e. The number of nitrogens with zero attached hydrogens (tertiary/aromatic N) is 2. The number of benzene rings is 2. The van der Waals surface area contributed by atoms with Gasteiger partial charge in [0.1, 0.15) is 5.75 Å². The zero-order valence-corrected chi connectivity index (χ0v) is 26.1. The fourth-order valence-electron chi connectivity index (χ4n) is 6.35. The lowest BCUT2D eigenvalue weighted by atomic mass is 9.93. The third kappa shape index (κ3) is 7.00. The van der Waals surface area contributed by atoms with Gasteiger partial charge in [-0.25, -0.2) is 4.79 Å². The van der Waals surface area contributed by atoms with Crippen LogP contribution in [-0.2, 0) is 11.2 Å². The summed E-state index contributed by atoms with van der Waals surface area (Å²) < 4.78 is 7.13. The predicted octanol–water partition coefficient (Wildman–Crippen LogP) is 8.07. The number of carbonyl (C=O) groups is 3. The second-order valence-electron chi connectivity index (χ2n) is 11.1. The molecule has 226 valence electrons. The summed E-state index contributed by atoms with van der Waals surface area (Å²) in [6.07, 6.45) is 10.1. The molecule has 2 fully saturated rings. The molecule has 2 aliphatic rings. The average molecular weight is 594 g/mol. The number of rotatable bonds is 6. The quantitative estimate of drug-likeness (QED) is 0.313. The van der Waals surface area contributed by atoms with Gasteiger partial charge in [-0.2, -0.15) is 0 Å². The van der Waals surface area contributed by atoms with Gasteiger partial charge < -0.3 is 10.1 Å². The van der Waals surface area contributed by atoms with Gasteiger partial charge in [0.05, 0.1) is 19.0 Å². The molecular formula is C34H44ClN3O4. The molecule has 0 radical (unpaired) electrons. The van der Waals surface area contributed by atoms with Gasteiger partial charge in [0, 0.05) is 33.7 Å². The summed E-state index contributed by atoms with van der Waals surface area (Å²) in [5.74, 6) is 0.197. The smallest absolute Gasteiger partial charge is 0.324 e. The van der Waals surface area contributed by atoms with Crippen molar-refractivity contribution in [1.82, 2.24) is 14.8 Å². The molecule has 5 rings (SSSR count). The maximum Gasteiger partial charge on any atom is 0.324 e. The Morgan fingerprint density at radius 1 is 0.929 bits per heavy atom. The number of amides is 3. The van der Waals surface area contributed by atoms with Crippen LogP contribution in [0.15, 0.2) is 42.5 Å². The lowest BCUT2D eigenvalue weighted by Crippen LogP contribution is -2.53. The van der Waals surface area contributed by atoms with Gasteiger partial charge in [0.15, 0.2) is 0 Å². The van der Waals surface area contributed by atoms with Gasteiger partial charge in [0.2, 0.25) is 5.91 Å². The number of ether oxygens (including phenoxy) is 1. The van der Waals surface area contributed by atoms with Gasteiger partial charge in [-0.15, -0.1) is 0 Å². The maximum absolute atomic E-state index is 14.1. The molecule has 0 spiro atoms. The average Bonchev–Trinajstić information content (AvgIpc) is 3.29. The summed E-state index contributed by atoms with van der Waals surface area (Å²) >= 11 is 6.06. The van der Waals surface area contributed by atoms with Crippen LogP contribution in [0.2, 0.25) is 5.02 Å². The second kappa shape index (κ2) is 14.7. The Balaban J connectivity index is 0.00000198. The zero-order chi connectivity index (χ0) is 30.2. The minimum absolute atomic E-state index is 0.0188. The number of hydrogen-bond donors (Lipinski definition) is 1. The van der Waals surface area contributed by atoms with E-state index in [-0.39, 0.29) is 36.3 Å². The van der Waals surface area contributed by atoms with E-state index in [1.807, 2.05) is 39.0 Å². The zero-order valence-electron chi connectivity index (χ0n) is 25.4. The molecule has 0 aliphatic heterocycles. The van der Waals surface area contributed by atoms with Crippen molar-refractivity contribution < 1.29 is 19.1 Å². The molecule has 1 aromatic heterocycles. The van der Waals surface area contributed by atoms with Crippen LogP contribution in [0.4, 0.5) is 4.79 Å². The molecule has 0 bridgehead atoms. The molecule has 8 heteroatoms. The number of nitrogens with one attached hydrogen (secondary N) is 1. The fraction of sp³-hybridized carbons (Fsp3) is 0.500. The third-order valence-electron chi connectivity index (χ3n) is 8.52. The first-order valence-electron chi connectivity index (χ1n) is 15.5. The monoisotopic (exact) mass is 593 g/mol. The van der Waals surface area contributed by atoms with Crippen molar-refractivity contribution >= 4 is 40.3 Å². The number of carbonyl (C=O) groups excluding carboxylic acids is 3. The highest BCUT2D eigenvalue weighted by atomic mass is 35.5. The molecule has 7 nitrogen and oxygen atoms in total. The number of urea groups is 1. The minimum Gasteiger partial charge on any atom is -0.497 e. The molecule has 2 aliphatic carbocycles. The van der Waals surface area contributed by atoms with E-state index in [9.17, 15) is 14.4 Å². The molecule has 3 amide bonds. The van der Waals surface area contributed by atoms with E-state index in [0.29, 0.717) is 27.5 Å². The second-order valence-corrected chi connectivity index (χ2v) is 11.5. The molecule has 2 aromatic carbocycles. The van der Waals surface area contributed by atoms with Crippen LogP contribution in [0.5, 0.6) is 5.75 Å². The highest BCUT2D eigenvalue weighted by molar-refractivity contribution is 6.30. The molecule has 3 aromatic rings. The fourth-order valence-corrected chi connectivity index (χ4v) is 6.47. The summed E-state index contributed by atoms with van der Waals surface area (Å²) in [6, 6.07) is 12.0. The van der Waals surface area contributed by atoms with Crippen molar-refractivity contribution in [3.05, 3.63) is 64.3 Å². The molecule has 0 unspecified atom stereocenters. The van der Waals surface area contributed by atoms with Crippen LogP contribution in [0, 0.1) is 6.92 Å². The number of hydrogen-bond acceptors (Lipinski definition) is 4. The Kier molecular flexibility index (Phi) is 11.1. The van der Waals surface area contributed by atoms with Crippen molar-refractivity contribution in [3.8, 4) is 5.75 Å². The number of imide groups is 1. The summed E-state index contributed by atoms with van der Waals surface area (Å²) in [7, 11) is 1.59. The first-order valence-corrected chi connectivity index (χ1v) is 15.9. The van der Waals surface area contributed by atoms with Gasteiger partial charge in [-0.1, -0.05) is 64.0 Å². The summed E-state index contributed by atoms with van der Waals surface area (Å²) in [6.45, 7) is 5.86. The highest BCUT2D eigenvalue weighted by Gasteiger charge is 2.33. The Morgan fingerprint density at radius 2 is 1.55 bits per heavy atom. The molecule has 1 N–H and O–H groups in total. The molecule has 42 heavy (non-hydrogen) atoms. The van der Waals surface area contributed by atoms with Crippen LogP contribution in [0.3, 0.4) is 0 Å². The van der Waals surface area contributed by atoms with E-state index in [1.165, 1.54) is 11.3 Å². The lowest BCUT2D eigenvalue weighted by Gasteiger charge is -2.34. The predicted molar refractivity (Wildman–Crippen MR) is 169 cm³/mol. The third-order valence-corrected chi connectivity index (χ3v) is 8.78. The SMILES string of the molecule is CC.COc1ccc2c(c1)c(CC(=O)N(C(=O)NC1CCCCC1)C1CCCCC1)c(C)n2C(=O)c1ccc(Cl)cc1. The van der Waals surface area contributed by atoms with Crippen molar-refractivity contribution in [1.29, 1.82) is 0 Å². The summed E-state index contributed by atoms with van der Waals surface area (Å²) in [5.41, 5.74) is 2.59. The molecular weight excluding hydrogens is 550 g/mol. The Labute approximate surface area is 254 Å². The van der Waals surface area contributed by atoms with E-state index >= 15 is 0 Å². The maximum atomic E-state index is 14.1. The number of methoxy groups -OCH3 is 1. The first kappa shape index (κ1) is 31.6.